The summed E-state index contributed by atoms with van der Waals surface area (Å²) in [4.78, 5) is 0. The Morgan fingerprint density at radius 3 is 2.62 bits per heavy atom. The molecule has 0 fully saturated rings. The van der Waals surface area contributed by atoms with Crippen molar-refractivity contribution in [3.8, 4) is 0 Å². The lowest BCUT2D eigenvalue weighted by Crippen LogP contribution is -1.87. The summed E-state index contributed by atoms with van der Waals surface area (Å²) < 4.78 is 26.1. The van der Waals surface area contributed by atoms with Crippen LogP contribution in [0.2, 0.25) is 0 Å². The van der Waals surface area contributed by atoms with E-state index in [-0.39, 0.29) is 0 Å². The maximum absolute atomic E-state index is 13.1. The van der Waals surface area contributed by atoms with Crippen LogP contribution >= 0.6 is 28.6 Å². The highest BCUT2D eigenvalue weighted by atomic mass is 79.9. The van der Waals surface area contributed by atoms with Gasteiger partial charge in [-0.3, -0.25) is 0 Å². The number of benzene rings is 1. The van der Waals surface area contributed by atoms with Gasteiger partial charge in [0.05, 0.1) is 0 Å². The quantitative estimate of drug-likeness (QED) is 0.775. The zero-order valence-corrected chi connectivity index (χ0v) is 9.08. The largest absolute Gasteiger partial charge is 0.207 e. The van der Waals surface area contributed by atoms with E-state index in [0.29, 0.717) is 15.8 Å². The lowest BCUT2D eigenvalue weighted by atomic mass is 10.2. The molecule has 0 amide bonds. The van der Waals surface area contributed by atoms with Gasteiger partial charge in [-0.15, -0.1) is 0 Å². The molecule has 13 heavy (non-hydrogen) atoms. The topological polar surface area (TPSA) is 0 Å². The van der Waals surface area contributed by atoms with Gasteiger partial charge in [-0.2, -0.15) is 12.6 Å². The molecule has 0 aliphatic heterocycles. The normalized spacial score (nSPS) is 11.1. The van der Waals surface area contributed by atoms with Gasteiger partial charge in [0, 0.05) is 21.9 Å². The lowest BCUT2D eigenvalue weighted by molar-refractivity contribution is 0.580. The number of thiol groups is 1. The van der Waals surface area contributed by atoms with Crippen LogP contribution in [0.5, 0.6) is 0 Å². The van der Waals surface area contributed by atoms with E-state index < -0.39 is 11.6 Å². The number of hydrogen-bond donors (Lipinski definition) is 1. The van der Waals surface area contributed by atoms with Crippen LogP contribution in [0.25, 0.3) is 6.08 Å². The maximum atomic E-state index is 13.1. The van der Waals surface area contributed by atoms with E-state index in [1.54, 1.807) is 12.2 Å². The summed E-state index contributed by atoms with van der Waals surface area (Å²) in [7, 11) is 0. The van der Waals surface area contributed by atoms with Gasteiger partial charge in [-0.25, -0.2) is 8.78 Å². The smallest absolute Gasteiger partial charge is 0.134 e. The summed E-state index contributed by atoms with van der Waals surface area (Å²) in [6.07, 6.45) is 3.25. The van der Waals surface area contributed by atoms with Crippen molar-refractivity contribution < 1.29 is 8.78 Å². The Balaban J connectivity index is 3.13. The summed E-state index contributed by atoms with van der Waals surface area (Å²) in [6, 6.07) is 2.07. The Morgan fingerprint density at radius 1 is 1.38 bits per heavy atom. The van der Waals surface area contributed by atoms with E-state index in [0.717, 1.165) is 6.07 Å². The molecule has 0 atom stereocenters. The van der Waals surface area contributed by atoms with Gasteiger partial charge < -0.3 is 0 Å². The molecule has 0 unspecified atom stereocenters. The standard InChI is InChI=1S/C9H7BrF2S/c10-8-4-6(11)5-9(12)7(8)2-1-3-13/h1-2,4-5,13H,3H2. The minimum atomic E-state index is -0.590. The third-order valence-electron chi connectivity index (χ3n) is 1.43. The van der Waals surface area contributed by atoms with Crippen molar-refractivity contribution in [2.75, 3.05) is 5.75 Å². The molecule has 0 bridgehead atoms. The highest BCUT2D eigenvalue weighted by Gasteiger charge is 2.05. The van der Waals surface area contributed by atoms with E-state index in [1.807, 2.05) is 0 Å². The van der Waals surface area contributed by atoms with Crippen LogP contribution < -0.4 is 0 Å². The summed E-state index contributed by atoms with van der Waals surface area (Å²) in [6.45, 7) is 0. The fourth-order valence-corrected chi connectivity index (χ4v) is 1.53. The van der Waals surface area contributed by atoms with Crippen LogP contribution in [0.3, 0.4) is 0 Å². The monoisotopic (exact) mass is 264 g/mol. The van der Waals surface area contributed by atoms with Crippen molar-refractivity contribution >= 4 is 34.6 Å². The Bertz CT molecular complexity index is 313. The van der Waals surface area contributed by atoms with Crippen molar-refractivity contribution in [2.45, 2.75) is 0 Å². The first-order chi connectivity index (χ1) is 6.15. The molecule has 0 saturated heterocycles. The molecule has 70 valence electrons. The van der Waals surface area contributed by atoms with Gasteiger partial charge >= 0.3 is 0 Å². The van der Waals surface area contributed by atoms with Crippen molar-refractivity contribution in [2.24, 2.45) is 0 Å². The molecule has 1 rings (SSSR count). The summed E-state index contributed by atoms with van der Waals surface area (Å²) in [5, 5.41) is 0. The van der Waals surface area contributed by atoms with Gasteiger partial charge in [0.2, 0.25) is 0 Å². The molecular weight excluding hydrogens is 258 g/mol. The molecule has 4 heteroatoms. The van der Waals surface area contributed by atoms with Crippen molar-refractivity contribution in [1.82, 2.24) is 0 Å². The Labute approximate surface area is 89.2 Å². The molecule has 0 heterocycles. The van der Waals surface area contributed by atoms with Gasteiger partial charge in [0.25, 0.3) is 0 Å². The molecule has 0 saturated carbocycles. The predicted octanol–water partition coefficient (Wildman–Crippen LogP) is 3.67. The second-order valence-corrected chi connectivity index (χ2v) is 3.59. The Kier molecular flexibility index (Phi) is 3.93. The first-order valence-electron chi connectivity index (χ1n) is 3.57. The highest BCUT2D eigenvalue weighted by molar-refractivity contribution is 9.10. The lowest BCUT2D eigenvalue weighted by Gasteiger charge is -2.00. The molecule has 0 aliphatic carbocycles. The molecule has 0 aliphatic rings. The molecule has 0 radical (unpaired) electrons. The zero-order valence-electron chi connectivity index (χ0n) is 6.60. The molecule has 1 aromatic carbocycles. The summed E-state index contributed by atoms with van der Waals surface area (Å²) >= 11 is 7.01. The van der Waals surface area contributed by atoms with Crippen molar-refractivity contribution in [3.63, 3.8) is 0 Å². The summed E-state index contributed by atoms with van der Waals surface area (Å²) in [5.74, 6) is -0.652. The first-order valence-corrected chi connectivity index (χ1v) is 4.99. The van der Waals surface area contributed by atoms with Gasteiger partial charge in [-0.05, 0) is 22.0 Å². The minimum absolute atomic E-state index is 0.343. The fraction of sp³-hybridized carbons (Fsp3) is 0.111. The zero-order chi connectivity index (χ0) is 9.84. The van der Waals surface area contributed by atoms with Gasteiger partial charge in [0.15, 0.2) is 0 Å². The van der Waals surface area contributed by atoms with Gasteiger partial charge in [-0.1, -0.05) is 12.2 Å². The van der Waals surface area contributed by atoms with E-state index in [1.165, 1.54) is 6.07 Å². The number of hydrogen-bond acceptors (Lipinski definition) is 1. The van der Waals surface area contributed by atoms with Crippen molar-refractivity contribution in [1.29, 1.82) is 0 Å². The van der Waals surface area contributed by atoms with Crippen LogP contribution in [-0.4, -0.2) is 5.75 Å². The average molecular weight is 265 g/mol. The van der Waals surface area contributed by atoms with Crippen LogP contribution in [0.15, 0.2) is 22.7 Å². The van der Waals surface area contributed by atoms with Crippen LogP contribution in [0.4, 0.5) is 8.78 Å². The van der Waals surface area contributed by atoms with Crippen molar-refractivity contribution in [3.05, 3.63) is 39.9 Å². The molecular formula is C9H7BrF2S. The highest BCUT2D eigenvalue weighted by Crippen LogP contribution is 2.22. The fourth-order valence-electron chi connectivity index (χ4n) is 0.883. The van der Waals surface area contributed by atoms with Crippen LogP contribution in [-0.2, 0) is 0 Å². The molecule has 0 nitrogen and oxygen atoms in total. The second kappa shape index (κ2) is 4.77. The van der Waals surface area contributed by atoms with E-state index >= 15 is 0 Å². The van der Waals surface area contributed by atoms with Crippen LogP contribution in [0.1, 0.15) is 5.56 Å². The average Bonchev–Trinajstić information content (AvgIpc) is 2.02. The van der Waals surface area contributed by atoms with Gasteiger partial charge in [0.1, 0.15) is 11.6 Å². The van der Waals surface area contributed by atoms with Crippen LogP contribution in [0, 0.1) is 11.6 Å². The molecule has 0 N–H and O–H groups in total. The molecule has 0 aromatic heterocycles. The second-order valence-electron chi connectivity index (χ2n) is 2.37. The maximum Gasteiger partial charge on any atom is 0.134 e. The SMILES string of the molecule is Fc1cc(F)c(C=CCS)c(Br)c1. The molecule has 1 aromatic rings. The minimum Gasteiger partial charge on any atom is -0.207 e. The molecule has 0 spiro atoms. The van der Waals surface area contributed by atoms with E-state index in [9.17, 15) is 8.78 Å². The predicted molar refractivity (Wildman–Crippen MR) is 56.9 cm³/mol. The van der Waals surface area contributed by atoms with E-state index in [4.69, 9.17) is 0 Å². The third kappa shape index (κ3) is 2.81. The number of rotatable bonds is 2. The Morgan fingerprint density at radius 2 is 2.08 bits per heavy atom. The first kappa shape index (κ1) is 10.7. The third-order valence-corrected chi connectivity index (χ3v) is 2.30. The Hall–Kier alpha value is -0.350. The number of halogens is 3. The van der Waals surface area contributed by atoms with E-state index in [2.05, 4.69) is 28.6 Å². The summed E-state index contributed by atoms with van der Waals surface area (Å²) in [5.41, 5.74) is 0.343.